The SMILES string of the molecule is COc1ccc(NC(=O)c2nc(-n3ccnc3)nc3cc[nH]c23)nc1. The quantitative estimate of drug-likeness (QED) is 0.588. The lowest BCUT2D eigenvalue weighted by molar-refractivity contribution is 0.102. The van der Waals surface area contributed by atoms with Gasteiger partial charge in [-0.05, 0) is 18.2 Å². The van der Waals surface area contributed by atoms with Crippen LogP contribution >= 0.6 is 0 Å². The van der Waals surface area contributed by atoms with E-state index in [0.717, 1.165) is 0 Å². The van der Waals surface area contributed by atoms with Gasteiger partial charge in [-0.15, -0.1) is 0 Å². The van der Waals surface area contributed by atoms with Gasteiger partial charge in [-0.1, -0.05) is 0 Å². The number of pyridine rings is 1. The van der Waals surface area contributed by atoms with Gasteiger partial charge in [-0.25, -0.2) is 19.9 Å². The molecule has 0 radical (unpaired) electrons. The Morgan fingerprint density at radius 3 is 2.92 bits per heavy atom. The summed E-state index contributed by atoms with van der Waals surface area (Å²) < 4.78 is 6.69. The molecule has 124 valence electrons. The molecular weight excluding hydrogens is 322 g/mol. The fourth-order valence-electron chi connectivity index (χ4n) is 2.34. The smallest absolute Gasteiger partial charge is 0.277 e. The molecule has 25 heavy (non-hydrogen) atoms. The van der Waals surface area contributed by atoms with Gasteiger partial charge in [0, 0.05) is 18.6 Å². The maximum atomic E-state index is 12.7. The van der Waals surface area contributed by atoms with Gasteiger partial charge in [-0.2, -0.15) is 0 Å². The number of hydrogen-bond acceptors (Lipinski definition) is 6. The molecular formula is C16H13N7O2. The highest BCUT2D eigenvalue weighted by Gasteiger charge is 2.17. The Morgan fingerprint density at radius 1 is 1.28 bits per heavy atom. The minimum atomic E-state index is -0.395. The molecule has 0 aliphatic rings. The minimum Gasteiger partial charge on any atom is -0.495 e. The lowest BCUT2D eigenvalue weighted by Crippen LogP contribution is -2.17. The molecule has 0 spiro atoms. The lowest BCUT2D eigenvalue weighted by Gasteiger charge is -2.08. The molecule has 0 fully saturated rings. The van der Waals surface area contributed by atoms with Crippen molar-refractivity contribution in [2.24, 2.45) is 0 Å². The van der Waals surface area contributed by atoms with Crippen LogP contribution in [0.25, 0.3) is 17.0 Å². The van der Waals surface area contributed by atoms with E-state index in [1.165, 1.54) is 6.20 Å². The maximum absolute atomic E-state index is 12.7. The highest BCUT2D eigenvalue weighted by atomic mass is 16.5. The topological polar surface area (TPSA) is 111 Å². The lowest BCUT2D eigenvalue weighted by atomic mass is 10.3. The number of methoxy groups -OCH3 is 1. The van der Waals surface area contributed by atoms with Crippen molar-refractivity contribution in [1.82, 2.24) is 29.5 Å². The number of aromatic nitrogens is 6. The van der Waals surface area contributed by atoms with Crippen molar-refractivity contribution in [3.05, 3.63) is 55.0 Å². The largest absolute Gasteiger partial charge is 0.495 e. The monoisotopic (exact) mass is 335 g/mol. The summed E-state index contributed by atoms with van der Waals surface area (Å²) in [6, 6.07) is 5.14. The second kappa shape index (κ2) is 6.04. The maximum Gasteiger partial charge on any atom is 0.277 e. The number of imidazole rings is 1. The summed E-state index contributed by atoms with van der Waals surface area (Å²) in [7, 11) is 1.55. The van der Waals surface area contributed by atoms with Crippen LogP contribution < -0.4 is 10.1 Å². The first-order valence-corrected chi connectivity index (χ1v) is 7.39. The van der Waals surface area contributed by atoms with E-state index >= 15 is 0 Å². The second-order valence-electron chi connectivity index (χ2n) is 5.12. The average Bonchev–Trinajstić information content (AvgIpc) is 3.32. The first-order chi connectivity index (χ1) is 12.2. The van der Waals surface area contributed by atoms with Crippen molar-refractivity contribution in [2.75, 3.05) is 12.4 Å². The standard InChI is InChI=1S/C16H13N7O2/c1-25-10-2-3-12(19-8-10)21-15(24)14-13-11(4-5-18-13)20-16(22-14)23-7-6-17-9-23/h2-9,18H,1H3,(H,19,21,24). The molecule has 1 amide bonds. The van der Waals surface area contributed by atoms with E-state index in [1.54, 1.807) is 54.8 Å². The van der Waals surface area contributed by atoms with Crippen molar-refractivity contribution in [3.8, 4) is 11.7 Å². The van der Waals surface area contributed by atoms with E-state index in [0.29, 0.717) is 28.5 Å². The third-order valence-corrected chi connectivity index (χ3v) is 3.56. The Morgan fingerprint density at radius 2 is 2.20 bits per heavy atom. The summed E-state index contributed by atoms with van der Waals surface area (Å²) in [4.78, 5) is 32.6. The Hall–Kier alpha value is -3.75. The van der Waals surface area contributed by atoms with Crippen LogP contribution in [0.15, 0.2) is 49.3 Å². The highest BCUT2D eigenvalue weighted by molar-refractivity contribution is 6.09. The number of fused-ring (bicyclic) bond motifs is 1. The Balaban J connectivity index is 1.71. The summed E-state index contributed by atoms with van der Waals surface area (Å²) in [6.07, 6.45) is 8.13. The number of nitrogens with zero attached hydrogens (tertiary/aromatic N) is 5. The summed E-state index contributed by atoms with van der Waals surface area (Å²) in [5.41, 5.74) is 1.40. The Kier molecular flexibility index (Phi) is 3.58. The zero-order chi connectivity index (χ0) is 17.2. The fraction of sp³-hybridized carbons (Fsp3) is 0.0625. The molecule has 0 aliphatic heterocycles. The molecule has 0 unspecified atom stereocenters. The Bertz CT molecular complexity index is 1020. The third-order valence-electron chi connectivity index (χ3n) is 3.56. The van der Waals surface area contributed by atoms with Gasteiger partial charge < -0.3 is 15.0 Å². The number of hydrogen-bond donors (Lipinski definition) is 2. The molecule has 0 saturated carbocycles. The first kappa shape index (κ1) is 14.8. The number of amides is 1. The number of carbonyl (C=O) groups excluding carboxylic acids is 1. The van der Waals surface area contributed by atoms with Gasteiger partial charge in [0.05, 0.1) is 24.3 Å². The van der Waals surface area contributed by atoms with Crippen LogP contribution in [0.4, 0.5) is 5.82 Å². The predicted molar refractivity (Wildman–Crippen MR) is 89.8 cm³/mol. The van der Waals surface area contributed by atoms with Gasteiger partial charge in [0.15, 0.2) is 5.69 Å². The second-order valence-corrected chi connectivity index (χ2v) is 5.12. The first-order valence-electron chi connectivity index (χ1n) is 7.39. The minimum absolute atomic E-state index is 0.219. The number of rotatable bonds is 4. The average molecular weight is 335 g/mol. The van der Waals surface area contributed by atoms with Gasteiger partial charge in [0.25, 0.3) is 5.91 Å². The van der Waals surface area contributed by atoms with E-state index in [9.17, 15) is 4.79 Å². The van der Waals surface area contributed by atoms with Gasteiger partial charge in [-0.3, -0.25) is 9.36 Å². The molecule has 4 heterocycles. The van der Waals surface area contributed by atoms with Crippen LogP contribution in [0.3, 0.4) is 0 Å². The normalized spacial score (nSPS) is 10.8. The number of H-pyrrole nitrogens is 1. The molecule has 0 bridgehead atoms. The number of anilines is 1. The van der Waals surface area contributed by atoms with Crippen molar-refractivity contribution in [1.29, 1.82) is 0 Å². The Labute approximate surface area is 141 Å². The molecule has 4 rings (SSSR count). The van der Waals surface area contributed by atoms with E-state index in [1.807, 2.05) is 0 Å². The van der Waals surface area contributed by atoms with Crippen LogP contribution in [0.1, 0.15) is 10.5 Å². The van der Waals surface area contributed by atoms with Crippen molar-refractivity contribution < 1.29 is 9.53 Å². The molecule has 0 aliphatic carbocycles. The molecule has 2 N–H and O–H groups in total. The van der Waals surface area contributed by atoms with Crippen LogP contribution in [0, 0.1) is 0 Å². The molecule has 0 atom stereocenters. The summed E-state index contributed by atoms with van der Waals surface area (Å²) in [5.74, 6) is 0.966. The van der Waals surface area contributed by atoms with Crippen LogP contribution in [-0.2, 0) is 0 Å². The summed E-state index contributed by atoms with van der Waals surface area (Å²) in [5, 5.41) is 2.72. The molecule has 9 heteroatoms. The highest BCUT2D eigenvalue weighted by Crippen LogP contribution is 2.18. The van der Waals surface area contributed by atoms with Crippen molar-refractivity contribution in [3.63, 3.8) is 0 Å². The van der Waals surface area contributed by atoms with E-state index in [-0.39, 0.29) is 5.69 Å². The summed E-state index contributed by atoms with van der Waals surface area (Å²) in [6.45, 7) is 0. The molecule has 9 nitrogen and oxygen atoms in total. The molecule has 0 aromatic carbocycles. The number of carbonyl (C=O) groups is 1. The fourth-order valence-corrected chi connectivity index (χ4v) is 2.34. The predicted octanol–water partition coefficient (Wildman–Crippen LogP) is 1.80. The van der Waals surface area contributed by atoms with Crippen molar-refractivity contribution >= 4 is 22.8 Å². The number of ether oxygens (including phenoxy) is 1. The van der Waals surface area contributed by atoms with Gasteiger partial charge in [0.1, 0.15) is 17.9 Å². The third kappa shape index (κ3) is 2.78. The van der Waals surface area contributed by atoms with E-state index in [4.69, 9.17) is 4.74 Å². The molecule has 0 saturated heterocycles. The van der Waals surface area contributed by atoms with E-state index < -0.39 is 5.91 Å². The zero-order valence-electron chi connectivity index (χ0n) is 13.2. The van der Waals surface area contributed by atoms with Gasteiger partial charge >= 0.3 is 0 Å². The van der Waals surface area contributed by atoms with Crippen LogP contribution in [-0.4, -0.2) is 42.5 Å². The van der Waals surface area contributed by atoms with E-state index in [2.05, 4.69) is 30.2 Å². The zero-order valence-corrected chi connectivity index (χ0v) is 13.2. The van der Waals surface area contributed by atoms with Crippen LogP contribution in [0.2, 0.25) is 0 Å². The number of aromatic amines is 1. The number of nitrogens with one attached hydrogen (secondary N) is 2. The van der Waals surface area contributed by atoms with Gasteiger partial charge in [0.2, 0.25) is 5.95 Å². The summed E-state index contributed by atoms with van der Waals surface area (Å²) >= 11 is 0. The van der Waals surface area contributed by atoms with Crippen LogP contribution in [0.5, 0.6) is 5.75 Å². The molecule has 4 aromatic heterocycles. The van der Waals surface area contributed by atoms with Crippen molar-refractivity contribution in [2.45, 2.75) is 0 Å². The molecule has 4 aromatic rings.